The number of halogens is 2. The summed E-state index contributed by atoms with van der Waals surface area (Å²) in [6.07, 6.45) is 1.61. The van der Waals surface area contributed by atoms with Gasteiger partial charge in [-0.15, -0.1) is 0 Å². The Morgan fingerprint density at radius 1 is 1.11 bits per heavy atom. The normalized spacial score (nSPS) is 9.89. The highest BCUT2D eigenvalue weighted by atomic mass is 79.9. The molecule has 1 aromatic carbocycles. The SMILES string of the molecule is O=C(Nc1cc(Br)ccn1)Nc1ccccc1Br. The van der Waals surface area contributed by atoms with Crippen LogP contribution in [-0.4, -0.2) is 11.0 Å². The summed E-state index contributed by atoms with van der Waals surface area (Å²) < 4.78 is 1.68. The lowest BCUT2D eigenvalue weighted by Gasteiger charge is -2.08. The highest BCUT2D eigenvalue weighted by Gasteiger charge is 2.05. The number of carbonyl (C=O) groups excluding carboxylic acids is 1. The standard InChI is InChI=1S/C12H9Br2N3O/c13-8-5-6-15-11(7-8)17-12(18)16-10-4-2-1-3-9(10)14/h1-7H,(H2,15,16,17,18). The van der Waals surface area contributed by atoms with E-state index in [4.69, 9.17) is 0 Å². The van der Waals surface area contributed by atoms with Crippen LogP contribution in [0.4, 0.5) is 16.3 Å². The van der Waals surface area contributed by atoms with E-state index < -0.39 is 0 Å². The Bertz CT molecular complexity index is 575. The Balaban J connectivity index is 2.03. The molecule has 2 rings (SSSR count). The third kappa shape index (κ3) is 3.54. The summed E-state index contributed by atoms with van der Waals surface area (Å²) in [5, 5.41) is 5.37. The summed E-state index contributed by atoms with van der Waals surface area (Å²) in [6.45, 7) is 0. The number of amides is 2. The monoisotopic (exact) mass is 369 g/mol. The minimum Gasteiger partial charge on any atom is -0.307 e. The van der Waals surface area contributed by atoms with Crippen molar-refractivity contribution >= 4 is 49.4 Å². The molecule has 0 aliphatic carbocycles. The number of carbonyl (C=O) groups is 1. The van der Waals surface area contributed by atoms with Crippen LogP contribution in [0.3, 0.4) is 0 Å². The molecule has 0 aliphatic rings. The lowest BCUT2D eigenvalue weighted by Crippen LogP contribution is -2.20. The van der Waals surface area contributed by atoms with E-state index in [-0.39, 0.29) is 6.03 Å². The summed E-state index contributed by atoms with van der Waals surface area (Å²) in [6, 6.07) is 10.6. The summed E-state index contributed by atoms with van der Waals surface area (Å²) in [5.74, 6) is 0.480. The van der Waals surface area contributed by atoms with Gasteiger partial charge in [0.05, 0.1) is 5.69 Å². The zero-order valence-corrected chi connectivity index (χ0v) is 12.3. The molecule has 0 spiro atoms. The molecule has 0 unspecified atom stereocenters. The first-order valence-corrected chi connectivity index (χ1v) is 6.68. The van der Waals surface area contributed by atoms with Crippen LogP contribution in [0, 0.1) is 0 Å². The van der Waals surface area contributed by atoms with Crippen LogP contribution >= 0.6 is 31.9 Å². The van der Waals surface area contributed by atoms with E-state index in [1.807, 2.05) is 18.2 Å². The van der Waals surface area contributed by atoms with Gasteiger partial charge in [0.25, 0.3) is 0 Å². The number of anilines is 2. The highest BCUT2D eigenvalue weighted by molar-refractivity contribution is 9.10. The molecule has 2 amide bonds. The van der Waals surface area contributed by atoms with Crippen molar-refractivity contribution in [2.24, 2.45) is 0 Å². The maximum absolute atomic E-state index is 11.7. The second-order valence-electron chi connectivity index (χ2n) is 3.42. The van der Waals surface area contributed by atoms with E-state index in [1.165, 1.54) is 0 Å². The van der Waals surface area contributed by atoms with Gasteiger partial charge in [-0.05, 0) is 40.2 Å². The minimum absolute atomic E-state index is 0.340. The molecule has 1 aromatic heterocycles. The van der Waals surface area contributed by atoms with Crippen molar-refractivity contribution in [2.75, 3.05) is 10.6 Å². The summed E-state index contributed by atoms with van der Waals surface area (Å²) in [4.78, 5) is 15.8. The molecule has 6 heteroatoms. The second-order valence-corrected chi connectivity index (χ2v) is 5.19. The van der Waals surface area contributed by atoms with E-state index >= 15 is 0 Å². The summed E-state index contributed by atoms with van der Waals surface area (Å²) in [5.41, 5.74) is 0.699. The van der Waals surface area contributed by atoms with Gasteiger partial charge in [0.1, 0.15) is 5.82 Å². The van der Waals surface area contributed by atoms with Gasteiger partial charge in [0.15, 0.2) is 0 Å². The van der Waals surface area contributed by atoms with Crippen LogP contribution in [0.25, 0.3) is 0 Å². The van der Waals surface area contributed by atoms with E-state index in [2.05, 4.69) is 47.5 Å². The summed E-state index contributed by atoms with van der Waals surface area (Å²) in [7, 11) is 0. The number of para-hydroxylation sites is 1. The zero-order chi connectivity index (χ0) is 13.0. The fourth-order valence-electron chi connectivity index (χ4n) is 1.31. The number of rotatable bonds is 2. The topological polar surface area (TPSA) is 54.0 Å². The molecule has 0 radical (unpaired) electrons. The van der Waals surface area contributed by atoms with Crippen molar-refractivity contribution in [3.63, 3.8) is 0 Å². The van der Waals surface area contributed by atoms with Crippen LogP contribution < -0.4 is 10.6 Å². The number of hydrogen-bond acceptors (Lipinski definition) is 2. The fourth-order valence-corrected chi connectivity index (χ4v) is 2.02. The molecule has 0 atom stereocenters. The van der Waals surface area contributed by atoms with Crippen molar-refractivity contribution in [2.45, 2.75) is 0 Å². The maximum atomic E-state index is 11.7. The zero-order valence-electron chi connectivity index (χ0n) is 9.15. The van der Waals surface area contributed by atoms with E-state index in [9.17, 15) is 4.79 Å². The minimum atomic E-state index is -0.340. The first kappa shape index (κ1) is 13.0. The Labute approximate surface area is 121 Å². The molecule has 4 nitrogen and oxygen atoms in total. The second kappa shape index (κ2) is 5.97. The molecule has 2 aromatic rings. The number of urea groups is 1. The summed E-state index contributed by atoms with van der Waals surface area (Å²) >= 11 is 6.67. The van der Waals surface area contributed by atoms with Gasteiger partial charge in [-0.1, -0.05) is 28.1 Å². The van der Waals surface area contributed by atoms with Gasteiger partial charge in [-0.3, -0.25) is 5.32 Å². The number of pyridine rings is 1. The molecular weight excluding hydrogens is 362 g/mol. The number of aromatic nitrogens is 1. The third-order valence-corrected chi connectivity index (χ3v) is 3.27. The number of nitrogens with one attached hydrogen (secondary N) is 2. The highest BCUT2D eigenvalue weighted by Crippen LogP contribution is 2.21. The number of nitrogens with zero attached hydrogens (tertiary/aromatic N) is 1. The maximum Gasteiger partial charge on any atom is 0.324 e. The lowest BCUT2D eigenvalue weighted by atomic mass is 10.3. The van der Waals surface area contributed by atoms with Crippen LogP contribution in [-0.2, 0) is 0 Å². The third-order valence-electron chi connectivity index (χ3n) is 2.09. The average molecular weight is 371 g/mol. The Kier molecular flexibility index (Phi) is 4.33. The van der Waals surface area contributed by atoms with Crippen molar-refractivity contribution in [3.8, 4) is 0 Å². The molecule has 0 bridgehead atoms. The largest absolute Gasteiger partial charge is 0.324 e. The Morgan fingerprint density at radius 2 is 1.89 bits per heavy atom. The van der Waals surface area contributed by atoms with Crippen molar-refractivity contribution < 1.29 is 4.79 Å². The van der Waals surface area contributed by atoms with Crippen molar-refractivity contribution in [1.29, 1.82) is 0 Å². The molecule has 0 saturated carbocycles. The first-order valence-electron chi connectivity index (χ1n) is 5.09. The van der Waals surface area contributed by atoms with Crippen LogP contribution in [0.15, 0.2) is 51.5 Å². The molecule has 92 valence electrons. The van der Waals surface area contributed by atoms with Crippen LogP contribution in [0.5, 0.6) is 0 Å². The average Bonchev–Trinajstić information content (AvgIpc) is 2.32. The van der Waals surface area contributed by atoms with Crippen molar-refractivity contribution in [1.82, 2.24) is 4.98 Å². The molecule has 0 fully saturated rings. The van der Waals surface area contributed by atoms with Gasteiger partial charge < -0.3 is 5.32 Å². The molecular formula is C12H9Br2N3O. The molecule has 0 aliphatic heterocycles. The Hall–Kier alpha value is -1.40. The van der Waals surface area contributed by atoms with E-state index in [1.54, 1.807) is 24.4 Å². The van der Waals surface area contributed by atoms with Gasteiger partial charge in [-0.25, -0.2) is 9.78 Å². The van der Waals surface area contributed by atoms with Crippen LogP contribution in [0.2, 0.25) is 0 Å². The predicted octanol–water partition coefficient (Wildman–Crippen LogP) is 4.25. The van der Waals surface area contributed by atoms with Gasteiger partial charge in [0, 0.05) is 15.1 Å². The number of hydrogen-bond donors (Lipinski definition) is 2. The molecule has 2 N–H and O–H groups in total. The fraction of sp³-hybridized carbons (Fsp3) is 0. The van der Waals surface area contributed by atoms with E-state index in [0.29, 0.717) is 11.5 Å². The molecule has 18 heavy (non-hydrogen) atoms. The Morgan fingerprint density at radius 3 is 2.61 bits per heavy atom. The van der Waals surface area contributed by atoms with E-state index in [0.717, 1.165) is 8.95 Å². The predicted molar refractivity (Wildman–Crippen MR) is 78.7 cm³/mol. The molecule has 1 heterocycles. The van der Waals surface area contributed by atoms with Gasteiger partial charge in [0.2, 0.25) is 0 Å². The first-order chi connectivity index (χ1) is 8.65. The smallest absolute Gasteiger partial charge is 0.307 e. The lowest BCUT2D eigenvalue weighted by molar-refractivity contribution is 0.262. The van der Waals surface area contributed by atoms with Crippen LogP contribution in [0.1, 0.15) is 0 Å². The molecule has 0 saturated heterocycles. The van der Waals surface area contributed by atoms with Gasteiger partial charge in [-0.2, -0.15) is 0 Å². The van der Waals surface area contributed by atoms with Crippen molar-refractivity contribution in [3.05, 3.63) is 51.5 Å². The quantitative estimate of drug-likeness (QED) is 0.830. The number of benzene rings is 1. The van der Waals surface area contributed by atoms with Gasteiger partial charge >= 0.3 is 6.03 Å².